The molecule has 1 saturated heterocycles. The van der Waals surface area contributed by atoms with Crippen molar-refractivity contribution in [1.82, 2.24) is 4.90 Å². The van der Waals surface area contributed by atoms with E-state index < -0.39 is 4.33 Å². The van der Waals surface area contributed by atoms with Crippen molar-refractivity contribution in [3.05, 3.63) is 0 Å². The lowest BCUT2D eigenvalue weighted by Gasteiger charge is -2.16. The first-order chi connectivity index (χ1) is 6.04. The molecule has 1 amide bonds. The fourth-order valence-electron chi connectivity index (χ4n) is 1.46. The summed E-state index contributed by atoms with van der Waals surface area (Å²) in [6.45, 7) is 3.28. The van der Waals surface area contributed by atoms with Crippen molar-refractivity contribution in [2.45, 2.75) is 17.7 Å². The van der Waals surface area contributed by atoms with Gasteiger partial charge in [0.2, 0.25) is 4.33 Å². The summed E-state index contributed by atoms with van der Waals surface area (Å²) in [5.74, 6) is -0.0428. The molecule has 0 bridgehead atoms. The van der Waals surface area contributed by atoms with Gasteiger partial charge in [0.1, 0.15) is 0 Å². The van der Waals surface area contributed by atoms with Gasteiger partial charge in [0.25, 0.3) is 5.91 Å². The highest BCUT2D eigenvalue weighted by atomic mass is 35.5. The minimum Gasteiger partial charge on any atom is -0.340 e. The second-order valence-corrected chi connectivity index (χ2v) is 4.92. The molecule has 1 aliphatic rings. The molecule has 0 saturated carbocycles. The van der Waals surface area contributed by atoms with Crippen LogP contribution in [0.2, 0.25) is 0 Å². The normalized spacial score (nSPS) is 26.9. The summed E-state index contributed by atoms with van der Waals surface area (Å²) in [6, 6.07) is 0. The zero-order valence-electron chi connectivity index (χ0n) is 7.40. The molecule has 1 aliphatic heterocycles. The molecule has 1 rings (SSSR count). The van der Waals surface area contributed by atoms with E-state index in [9.17, 15) is 4.79 Å². The fraction of sp³-hybridized carbons (Fsp3) is 0.875. The third-order valence-electron chi connectivity index (χ3n) is 2.21. The molecular weight excluding hydrogens is 232 g/mol. The van der Waals surface area contributed by atoms with E-state index in [-0.39, 0.29) is 11.8 Å². The van der Waals surface area contributed by atoms with Crippen LogP contribution in [0.1, 0.15) is 13.3 Å². The number of likely N-dealkylation sites (tertiary alicyclic amines) is 1. The zero-order chi connectivity index (χ0) is 10.1. The predicted molar refractivity (Wildman–Crippen MR) is 55.5 cm³/mol. The van der Waals surface area contributed by atoms with E-state index in [1.54, 1.807) is 4.90 Å². The summed E-state index contributed by atoms with van der Waals surface area (Å²) < 4.78 is -1.31. The average Bonchev–Trinajstić information content (AvgIpc) is 2.29. The highest BCUT2D eigenvalue weighted by molar-refractivity contribution is 6.59. The van der Waals surface area contributed by atoms with Crippen molar-refractivity contribution >= 4 is 40.7 Å². The number of hydrogen-bond donors (Lipinski definition) is 0. The van der Waals surface area contributed by atoms with Crippen LogP contribution in [0.15, 0.2) is 0 Å². The smallest absolute Gasteiger partial charge is 0.259 e. The molecule has 0 aliphatic carbocycles. The molecule has 76 valence electrons. The van der Waals surface area contributed by atoms with E-state index in [2.05, 4.69) is 0 Å². The van der Waals surface area contributed by atoms with Gasteiger partial charge in [-0.25, -0.2) is 0 Å². The molecule has 0 spiro atoms. The van der Waals surface area contributed by atoms with E-state index in [1.165, 1.54) is 0 Å². The Bertz CT molecular complexity index is 208. The first kappa shape index (κ1) is 11.4. The number of alkyl halides is 3. The molecule has 13 heavy (non-hydrogen) atoms. The summed E-state index contributed by atoms with van der Waals surface area (Å²) in [7, 11) is 0. The maximum absolute atomic E-state index is 11.6. The summed E-state index contributed by atoms with van der Waals surface area (Å²) in [5.41, 5.74) is 0. The molecule has 0 aromatic carbocycles. The maximum atomic E-state index is 11.6. The van der Waals surface area contributed by atoms with E-state index >= 15 is 0 Å². The lowest BCUT2D eigenvalue weighted by molar-refractivity contribution is -0.128. The number of hydrogen-bond acceptors (Lipinski definition) is 1. The summed E-state index contributed by atoms with van der Waals surface area (Å²) >= 11 is 17.5. The van der Waals surface area contributed by atoms with E-state index in [0.29, 0.717) is 19.0 Å². The van der Waals surface area contributed by atoms with Crippen LogP contribution in [0.4, 0.5) is 0 Å². The van der Waals surface area contributed by atoms with E-state index in [1.807, 2.05) is 6.92 Å². The van der Waals surface area contributed by atoms with Crippen molar-refractivity contribution in [2.75, 3.05) is 19.0 Å². The van der Waals surface area contributed by atoms with Crippen LogP contribution in [0.25, 0.3) is 0 Å². The highest BCUT2D eigenvalue weighted by Gasteiger charge is 2.50. The van der Waals surface area contributed by atoms with Crippen molar-refractivity contribution in [3.8, 4) is 0 Å². The number of amides is 1. The Morgan fingerprint density at radius 2 is 2.23 bits per heavy atom. The van der Waals surface area contributed by atoms with Gasteiger partial charge in [-0.05, 0) is 6.42 Å². The van der Waals surface area contributed by atoms with E-state index in [0.717, 1.165) is 6.42 Å². The van der Waals surface area contributed by atoms with Crippen LogP contribution < -0.4 is 0 Å². The average molecular weight is 245 g/mol. The molecule has 1 atom stereocenters. The highest BCUT2D eigenvalue weighted by Crippen LogP contribution is 2.39. The van der Waals surface area contributed by atoms with Crippen LogP contribution in [-0.4, -0.2) is 34.1 Å². The third kappa shape index (κ3) is 2.05. The van der Waals surface area contributed by atoms with Gasteiger partial charge in [0.05, 0.1) is 0 Å². The molecule has 1 unspecified atom stereocenters. The molecule has 2 nitrogen and oxygen atoms in total. The van der Waals surface area contributed by atoms with Crippen LogP contribution >= 0.6 is 34.8 Å². The molecule has 1 fully saturated rings. The largest absolute Gasteiger partial charge is 0.340 e. The minimum absolute atomic E-state index is 0.156. The Kier molecular flexibility index (Phi) is 3.73. The lowest BCUT2D eigenvalue weighted by Crippen LogP contribution is -2.33. The van der Waals surface area contributed by atoms with Gasteiger partial charge in [-0.15, -0.1) is 11.6 Å². The number of nitrogens with zero attached hydrogens (tertiary/aromatic N) is 1. The monoisotopic (exact) mass is 243 g/mol. The molecule has 0 aromatic heterocycles. The molecule has 0 aromatic rings. The maximum Gasteiger partial charge on any atom is 0.259 e. The van der Waals surface area contributed by atoms with Gasteiger partial charge in [-0.2, -0.15) is 0 Å². The van der Waals surface area contributed by atoms with Crippen LogP contribution in [0.5, 0.6) is 0 Å². The molecule has 5 heteroatoms. The quantitative estimate of drug-likeness (QED) is 0.698. The number of rotatable bonds is 3. The van der Waals surface area contributed by atoms with Gasteiger partial charge in [-0.3, -0.25) is 4.79 Å². The van der Waals surface area contributed by atoms with Crippen molar-refractivity contribution in [1.29, 1.82) is 0 Å². The zero-order valence-corrected chi connectivity index (χ0v) is 9.66. The Balaban J connectivity index is 2.72. The third-order valence-corrected chi connectivity index (χ3v) is 3.52. The topological polar surface area (TPSA) is 20.3 Å². The Hall–Kier alpha value is 0.340. The van der Waals surface area contributed by atoms with Crippen molar-refractivity contribution < 1.29 is 4.79 Å². The van der Waals surface area contributed by atoms with Gasteiger partial charge >= 0.3 is 0 Å². The van der Waals surface area contributed by atoms with Crippen molar-refractivity contribution in [3.63, 3.8) is 0 Å². The van der Waals surface area contributed by atoms with Gasteiger partial charge < -0.3 is 4.90 Å². The first-order valence-electron chi connectivity index (χ1n) is 4.27. The summed E-state index contributed by atoms with van der Waals surface area (Å²) in [5, 5.41) is 0. The molecule has 0 N–H and O–H groups in total. The predicted octanol–water partition coefficient (Wildman–Crippen LogP) is 2.27. The summed E-state index contributed by atoms with van der Waals surface area (Å²) in [6.07, 6.45) is 0.907. The second-order valence-electron chi connectivity index (χ2n) is 3.23. The number of halogens is 3. The Morgan fingerprint density at radius 3 is 2.62 bits per heavy atom. The van der Waals surface area contributed by atoms with Gasteiger partial charge in [0.15, 0.2) is 0 Å². The van der Waals surface area contributed by atoms with Gasteiger partial charge in [0, 0.05) is 24.9 Å². The fourth-order valence-corrected chi connectivity index (χ4v) is 2.48. The SMILES string of the molecule is CCCN1CC(CCl)C(Cl)(Cl)C1=O. The van der Waals surface area contributed by atoms with E-state index in [4.69, 9.17) is 34.8 Å². The Morgan fingerprint density at radius 1 is 1.62 bits per heavy atom. The number of carbonyl (C=O) groups is 1. The van der Waals surface area contributed by atoms with Crippen LogP contribution in [0, 0.1) is 5.92 Å². The molecule has 1 heterocycles. The first-order valence-corrected chi connectivity index (χ1v) is 5.56. The minimum atomic E-state index is -1.31. The van der Waals surface area contributed by atoms with Crippen LogP contribution in [0.3, 0.4) is 0 Å². The summed E-state index contributed by atoms with van der Waals surface area (Å²) in [4.78, 5) is 13.3. The molecule has 0 radical (unpaired) electrons. The van der Waals surface area contributed by atoms with Crippen molar-refractivity contribution in [2.24, 2.45) is 5.92 Å². The second kappa shape index (κ2) is 4.24. The number of carbonyl (C=O) groups excluding carboxylic acids is 1. The molecular formula is C8H12Cl3NO. The standard InChI is InChI=1S/C8H12Cl3NO/c1-2-3-12-5-6(4-9)8(10,11)7(12)13/h6H,2-5H2,1H3. The van der Waals surface area contributed by atoms with Gasteiger partial charge in [-0.1, -0.05) is 30.1 Å². The Labute approximate surface area is 93.1 Å². The lowest BCUT2D eigenvalue weighted by atomic mass is 10.1. The van der Waals surface area contributed by atoms with Crippen LogP contribution in [-0.2, 0) is 4.79 Å².